The maximum Gasteiger partial charge on any atom is 0.263 e. The van der Waals surface area contributed by atoms with E-state index in [-0.39, 0.29) is 17.2 Å². The van der Waals surface area contributed by atoms with Crippen LogP contribution in [-0.4, -0.2) is 44.0 Å². The Hall–Kier alpha value is -3.59. The first-order chi connectivity index (χ1) is 15.8. The summed E-state index contributed by atoms with van der Waals surface area (Å²) < 4.78 is 24.2. The van der Waals surface area contributed by atoms with Gasteiger partial charge in [-0.2, -0.15) is 5.10 Å². The molecule has 0 radical (unpaired) electrons. The highest BCUT2D eigenvalue weighted by molar-refractivity contribution is 5.93. The first-order valence-electron chi connectivity index (χ1n) is 10.8. The van der Waals surface area contributed by atoms with Gasteiger partial charge in [0.25, 0.3) is 5.56 Å². The van der Waals surface area contributed by atoms with Gasteiger partial charge >= 0.3 is 0 Å². The van der Waals surface area contributed by atoms with Crippen LogP contribution in [0.1, 0.15) is 23.1 Å². The molecule has 1 aliphatic heterocycles. The Morgan fingerprint density at radius 3 is 2.70 bits per heavy atom. The van der Waals surface area contributed by atoms with Gasteiger partial charge in [-0.25, -0.2) is 14.4 Å². The lowest BCUT2D eigenvalue weighted by molar-refractivity contribution is 0.0395. The summed E-state index contributed by atoms with van der Waals surface area (Å²) in [6, 6.07) is 6.75. The maximum absolute atomic E-state index is 15.0. The zero-order chi connectivity index (χ0) is 23.3. The molecule has 3 aromatic heterocycles. The summed E-state index contributed by atoms with van der Waals surface area (Å²) in [7, 11) is 3.53. The molecule has 1 aromatic carbocycles. The Morgan fingerprint density at radius 2 is 1.97 bits per heavy atom. The van der Waals surface area contributed by atoms with Crippen LogP contribution in [0.5, 0.6) is 0 Å². The van der Waals surface area contributed by atoms with Crippen LogP contribution in [0.15, 0.2) is 41.5 Å². The van der Waals surface area contributed by atoms with Crippen LogP contribution in [0.2, 0.25) is 0 Å². The highest BCUT2D eigenvalue weighted by Gasteiger charge is 2.26. The van der Waals surface area contributed by atoms with Crippen LogP contribution in [-0.2, 0) is 18.8 Å². The lowest BCUT2D eigenvalue weighted by Crippen LogP contribution is -2.39. The third-order valence-corrected chi connectivity index (χ3v) is 6.14. The number of benzene rings is 1. The molecule has 8 nitrogen and oxygen atoms in total. The highest BCUT2D eigenvalue weighted by Crippen LogP contribution is 2.32. The number of anilines is 1. The Labute approximate surface area is 190 Å². The van der Waals surface area contributed by atoms with Gasteiger partial charge in [-0.3, -0.25) is 14.0 Å². The molecule has 1 fully saturated rings. The molecule has 0 N–H and O–H groups in total. The minimum Gasteiger partial charge on any atom is -0.370 e. The summed E-state index contributed by atoms with van der Waals surface area (Å²) in [5.41, 5.74) is 2.62. The number of hydrogen-bond donors (Lipinski definition) is 0. The van der Waals surface area contributed by atoms with Crippen molar-refractivity contribution >= 4 is 16.7 Å². The number of halogens is 1. The molecule has 33 heavy (non-hydrogen) atoms. The summed E-state index contributed by atoms with van der Waals surface area (Å²) in [6.07, 6.45) is 3.57. The van der Waals surface area contributed by atoms with Crippen molar-refractivity contribution in [3.63, 3.8) is 0 Å². The molecular weight excluding hydrogens is 423 g/mol. The van der Waals surface area contributed by atoms with Crippen LogP contribution in [0.4, 0.5) is 10.2 Å². The summed E-state index contributed by atoms with van der Waals surface area (Å²) in [4.78, 5) is 24.7. The van der Waals surface area contributed by atoms with Crippen molar-refractivity contribution in [1.29, 1.82) is 0 Å². The monoisotopic (exact) mass is 448 g/mol. The number of fused-ring (bicyclic) bond motifs is 1. The smallest absolute Gasteiger partial charge is 0.263 e. The summed E-state index contributed by atoms with van der Waals surface area (Å²) in [6.45, 7) is 5.29. The number of nitrogens with zero attached hydrogens (tertiary/aromatic N) is 6. The molecular formula is C24H25FN6O2. The zero-order valence-electron chi connectivity index (χ0n) is 19.0. The second-order valence-corrected chi connectivity index (χ2v) is 8.48. The van der Waals surface area contributed by atoms with Gasteiger partial charge < -0.3 is 9.64 Å². The molecule has 0 amide bonds. The fraction of sp³-hybridized carbons (Fsp3) is 0.333. The second kappa shape index (κ2) is 8.08. The molecule has 5 rings (SSSR count). The number of aromatic nitrogens is 5. The minimum absolute atomic E-state index is 0.164. The van der Waals surface area contributed by atoms with E-state index < -0.39 is 5.82 Å². The van der Waals surface area contributed by atoms with Crippen LogP contribution in [0.25, 0.3) is 22.2 Å². The molecule has 0 saturated carbocycles. The number of morpholine rings is 1. The van der Waals surface area contributed by atoms with E-state index in [1.54, 1.807) is 30.9 Å². The molecule has 170 valence electrons. The Balaban J connectivity index is 1.67. The number of rotatable bonds is 3. The SMILES string of the molecule is Cc1ccc(-c2nc(N3CCO[C@H](c4cnn(C)c4)C3)cc3nc(C)n(C)c(=O)c23)c(F)c1. The van der Waals surface area contributed by atoms with E-state index in [0.717, 1.165) is 11.1 Å². The third-order valence-electron chi connectivity index (χ3n) is 6.14. The predicted octanol–water partition coefficient (Wildman–Crippen LogP) is 3.06. The topological polar surface area (TPSA) is 78.1 Å². The number of ether oxygens (including phenoxy) is 1. The Bertz CT molecular complexity index is 1430. The van der Waals surface area contributed by atoms with Crippen molar-refractivity contribution < 1.29 is 9.13 Å². The van der Waals surface area contributed by atoms with E-state index in [1.807, 2.05) is 32.3 Å². The van der Waals surface area contributed by atoms with Crippen LogP contribution >= 0.6 is 0 Å². The van der Waals surface area contributed by atoms with Crippen molar-refractivity contribution in [2.45, 2.75) is 20.0 Å². The van der Waals surface area contributed by atoms with Gasteiger partial charge in [0.05, 0.1) is 29.4 Å². The normalized spacial score (nSPS) is 16.5. The fourth-order valence-electron chi connectivity index (χ4n) is 4.22. The fourth-order valence-corrected chi connectivity index (χ4v) is 4.22. The van der Waals surface area contributed by atoms with Crippen molar-refractivity contribution in [1.82, 2.24) is 24.3 Å². The van der Waals surface area contributed by atoms with Gasteiger partial charge in [-0.15, -0.1) is 0 Å². The van der Waals surface area contributed by atoms with E-state index in [2.05, 4.69) is 15.0 Å². The lowest BCUT2D eigenvalue weighted by Gasteiger charge is -2.33. The van der Waals surface area contributed by atoms with Crippen molar-refractivity contribution in [2.24, 2.45) is 14.1 Å². The molecule has 1 atom stereocenters. The zero-order valence-corrected chi connectivity index (χ0v) is 19.0. The van der Waals surface area contributed by atoms with Gasteiger partial charge in [0, 0.05) is 50.6 Å². The Morgan fingerprint density at radius 1 is 1.15 bits per heavy atom. The first-order valence-corrected chi connectivity index (χ1v) is 10.8. The van der Waals surface area contributed by atoms with E-state index in [4.69, 9.17) is 9.72 Å². The van der Waals surface area contributed by atoms with Crippen LogP contribution in [0, 0.1) is 19.7 Å². The molecule has 0 spiro atoms. The van der Waals surface area contributed by atoms with E-state index >= 15 is 4.39 Å². The number of hydrogen-bond acceptors (Lipinski definition) is 6. The van der Waals surface area contributed by atoms with E-state index in [0.29, 0.717) is 47.9 Å². The molecule has 0 aliphatic carbocycles. The maximum atomic E-state index is 15.0. The van der Waals surface area contributed by atoms with Gasteiger partial charge in [-0.1, -0.05) is 6.07 Å². The van der Waals surface area contributed by atoms with Crippen molar-refractivity contribution in [3.05, 3.63) is 69.8 Å². The van der Waals surface area contributed by atoms with Crippen molar-refractivity contribution in [2.75, 3.05) is 24.6 Å². The van der Waals surface area contributed by atoms with Crippen LogP contribution < -0.4 is 10.5 Å². The van der Waals surface area contributed by atoms with Gasteiger partial charge in [-0.05, 0) is 31.5 Å². The molecule has 1 saturated heterocycles. The molecule has 0 unspecified atom stereocenters. The van der Waals surface area contributed by atoms with E-state index in [1.165, 1.54) is 10.6 Å². The quantitative estimate of drug-likeness (QED) is 0.479. The molecule has 4 heterocycles. The van der Waals surface area contributed by atoms with Gasteiger partial charge in [0.2, 0.25) is 0 Å². The summed E-state index contributed by atoms with van der Waals surface area (Å²) >= 11 is 0. The first kappa shape index (κ1) is 21.3. The van der Waals surface area contributed by atoms with Gasteiger partial charge in [0.1, 0.15) is 23.6 Å². The second-order valence-electron chi connectivity index (χ2n) is 8.48. The van der Waals surface area contributed by atoms with Gasteiger partial charge in [0.15, 0.2) is 0 Å². The standard InChI is InChI=1S/C24H25FN6O2/c1-14-5-6-17(18(25)9-14)23-22-19(27-15(2)30(4)24(22)32)10-21(28-23)31-7-8-33-20(13-31)16-11-26-29(3)12-16/h5-6,9-12,20H,7-8,13H2,1-4H3/t20-/m0/s1. The summed E-state index contributed by atoms with van der Waals surface area (Å²) in [5, 5.41) is 4.55. The number of pyridine rings is 1. The minimum atomic E-state index is -0.418. The molecule has 1 aliphatic rings. The molecule has 0 bridgehead atoms. The van der Waals surface area contributed by atoms with Crippen LogP contribution in [0.3, 0.4) is 0 Å². The average Bonchev–Trinajstić information content (AvgIpc) is 3.23. The highest BCUT2D eigenvalue weighted by atomic mass is 19.1. The van der Waals surface area contributed by atoms with E-state index in [9.17, 15) is 4.79 Å². The molecule has 9 heteroatoms. The third kappa shape index (κ3) is 3.78. The van der Waals surface area contributed by atoms with Crippen molar-refractivity contribution in [3.8, 4) is 11.3 Å². The lowest BCUT2D eigenvalue weighted by atomic mass is 10.0. The summed E-state index contributed by atoms with van der Waals surface area (Å²) in [5.74, 6) is 0.795. The average molecular weight is 449 g/mol. The predicted molar refractivity (Wildman–Crippen MR) is 124 cm³/mol. The Kier molecular flexibility index (Phi) is 5.20. The molecule has 4 aromatic rings. The number of aryl methyl sites for hydroxylation is 3. The largest absolute Gasteiger partial charge is 0.370 e.